The summed E-state index contributed by atoms with van der Waals surface area (Å²) in [7, 11) is 0. The van der Waals surface area contributed by atoms with Gasteiger partial charge in [0.2, 0.25) is 0 Å². The Morgan fingerprint density at radius 1 is 1.07 bits per heavy atom. The topological polar surface area (TPSA) is 58.1 Å². The maximum Gasteiger partial charge on any atom is 0.270 e. The molecule has 0 radical (unpaired) electrons. The third-order valence-electron chi connectivity index (χ3n) is 5.65. The highest BCUT2D eigenvalue weighted by Gasteiger charge is 2.23. The van der Waals surface area contributed by atoms with E-state index in [0.717, 1.165) is 43.7 Å². The van der Waals surface area contributed by atoms with Crippen molar-refractivity contribution in [3.05, 3.63) is 42.1 Å². The van der Waals surface area contributed by atoms with Gasteiger partial charge in [0.1, 0.15) is 11.5 Å². The lowest BCUT2D eigenvalue weighted by Gasteiger charge is -2.32. The molecule has 1 saturated heterocycles. The first-order valence-electron chi connectivity index (χ1n) is 10.2. The molecule has 0 bridgehead atoms. The van der Waals surface area contributed by atoms with E-state index < -0.39 is 0 Å². The smallest absolute Gasteiger partial charge is 0.270 e. The van der Waals surface area contributed by atoms with Crippen molar-refractivity contribution in [2.24, 2.45) is 5.92 Å². The van der Waals surface area contributed by atoms with Crippen LogP contribution in [-0.2, 0) is 0 Å². The second-order valence-electron chi connectivity index (χ2n) is 7.95. The van der Waals surface area contributed by atoms with Gasteiger partial charge in [0.25, 0.3) is 5.91 Å². The summed E-state index contributed by atoms with van der Waals surface area (Å²) in [6, 6.07) is 12.1. The molecule has 1 atom stereocenters. The van der Waals surface area contributed by atoms with Crippen LogP contribution in [0.25, 0.3) is 11.4 Å². The molecule has 5 heteroatoms. The van der Waals surface area contributed by atoms with Crippen LogP contribution in [0.1, 0.15) is 55.9 Å². The van der Waals surface area contributed by atoms with E-state index in [-0.39, 0.29) is 11.9 Å². The van der Waals surface area contributed by atoms with Crippen LogP contribution in [-0.4, -0.2) is 35.0 Å². The largest absolute Gasteiger partial charge is 0.356 e. The number of amides is 1. The molecule has 142 valence electrons. The summed E-state index contributed by atoms with van der Waals surface area (Å²) >= 11 is 0. The molecular formula is C22H28N4O. The summed E-state index contributed by atoms with van der Waals surface area (Å²) < 4.78 is 0. The Balaban J connectivity index is 1.66. The van der Waals surface area contributed by atoms with E-state index in [1.807, 2.05) is 36.4 Å². The molecule has 1 aromatic heterocycles. The predicted octanol–water partition coefficient (Wildman–Crippen LogP) is 4.05. The summed E-state index contributed by atoms with van der Waals surface area (Å²) in [4.78, 5) is 24.6. The molecule has 4 rings (SSSR count). The molecule has 0 spiro atoms. The van der Waals surface area contributed by atoms with Crippen LogP contribution < -0.4 is 10.2 Å². The highest BCUT2D eigenvalue weighted by Crippen LogP contribution is 2.25. The first kappa shape index (κ1) is 18.0. The van der Waals surface area contributed by atoms with Crippen LogP contribution >= 0.6 is 0 Å². The molecule has 1 aliphatic heterocycles. The molecule has 1 unspecified atom stereocenters. The number of piperidine rings is 1. The zero-order valence-electron chi connectivity index (χ0n) is 16.0. The van der Waals surface area contributed by atoms with Gasteiger partial charge in [-0.05, 0) is 31.6 Å². The molecule has 5 nitrogen and oxygen atoms in total. The molecule has 2 fully saturated rings. The number of anilines is 1. The number of carbonyl (C=O) groups excluding carboxylic acids is 1. The average Bonchev–Trinajstić information content (AvgIpc) is 3.21. The summed E-state index contributed by atoms with van der Waals surface area (Å²) in [5, 5.41) is 3.17. The van der Waals surface area contributed by atoms with Gasteiger partial charge in [0.15, 0.2) is 5.82 Å². The molecule has 1 aliphatic carbocycles. The molecule has 27 heavy (non-hydrogen) atoms. The van der Waals surface area contributed by atoms with E-state index in [0.29, 0.717) is 17.4 Å². The number of hydrogen-bond acceptors (Lipinski definition) is 4. The van der Waals surface area contributed by atoms with Crippen LogP contribution in [0.15, 0.2) is 36.4 Å². The second kappa shape index (κ2) is 8.07. The van der Waals surface area contributed by atoms with E-state index in [9.17, 15) is 4.79 Å². The summed E-state index contributed by atoms with van der Waals surface area (Å²) in [5.41, 5.74) is 1.42. The van der Waals surface area contributed by atoms with Gasteiger partial charge in [-0.3, -0.25) is 4.79 Å². The molecule has 2 aromatic rings. The lowest BCUT2D eigenvalue weighted by molar-refractivity contribution is 0.0933. The number of carbonyl (C=O) groups is 1. The van der Waals surface area contributed by atoms with E-state index in [2.05, 4.69) is 22.1 Å². The average molecular weight is 364 g/mol. The summed E-state index contributed by atoms with van der Waals surface area (Å²) in [5.74, 6) is 2.06. The molecular weight excluding hydrogens is 336 g/mol. The number of nitrogens with zero attached hydrogens (tertiary/aromatic N) is 3. The van der Waals surface area contributed by atoms with Gasteiger partial charge in [-0.25, -0.2) is 9.97 Å². The normalized spacial score (nSPS) is 20.6. The number of aromatic nitrogens is 2. The molecule has 2 aliphatic rings. The summed E-state index contributed by atoms with van der Waals surface area (Å²) in [6.45, 7) is 4.24. The number of hydrogen-bond donors (Lipinski definition) is 1. The Morgan fingerprint density at radius 2 is 1.85 bits per heavy atom. The predicted molar refractivity (Wildman–Crippen MR) is 108 cm³/mol. The molecule has 2 heterocycles. The Morgan fingerprint density at radius 3 is 2.59 bits per heavy atom. The highest BCUT2D eigenvalue weighted by atomic mass is 16.1. The first-order chi connectivity index (χ1) is 13.2. The van der Waals surface area contributed by atoms with Crippen molar-refractivity contribution < 1.29 is 4.79 Å². The molecule has 1 aromatic carbocycles. The molecule has 1 saturated carbocycles. The minimum absolute atomic E-state index is 0.0761. The van der Waals surface area contributed by atoms with Gasteiger partial charge in [-0.2, -0.15) is 0 Å². The maximum absolute atomic E-state index is 12.9. The SMILES string of the molecule is CC1CCCN(c2cc(C(=O)NC3CCCC3)nc(-c3ccccc3)n2)C1. The van der Waals surface area contributed by atoms with Crippen LogP contribution in [0.3, 0.4) is 0 Å². The fourth-order valence-electron chi connectivity index (χ4n) is 4.16. The van der Waals surface area contributed by atoms with Crippen molar-refractivity contribution >= 4 is 11.7 Å². The maximum atomic E-state index is 12.9. The minimum Gasteiger partial charge on any atom is -0.356 e. The Hall–Kier alpha value is -2.43. The van der Waals surface area contributed by atoms with E-state index >= 15 is 0 Å². The van der Waals surface area contributed by atoms with Crippen LogP contribution in [0, 0.1) is 5.92 Å². The monoisotopic (exact) mass is 364 g/mol. The Kier molecular flexibility index (Phi) is 5.37. The van der Waals surface area contributed by atoms with E-state index in [1.54, 1.807) is 0 Å². The van der Waals surface area contributed by atoms with Gasteiger partial charge in [-0.15, -0.1) is 0 Å². The standard InChI is InChI=1S/C22H28N4O/c1-16-8-7-13-26(15-16)20-14-19(22(27)23-18-11-5-6-12-18)24-21(25-20)17-9-3-2-4-10-17/h2-4,9-10,14,16,18H,5-8,11-13,15H2,1H3,(H,23,27). The van der Waals surface area contributed by atoms with Crippen molar-refractivity contribution in [2.45, 2.75) is 51.5 Å². The van der Waals surface area contributed by atoms with Crippen molar-refractivity contribution in [2.75, 3.05) is 18.0 Å². The van der Waals surface area contributed by atoms with E-state index in [4.69, 9.17) is 4.98 Å². The van der Waals surface area contributed by atoms with E-state index in [1.165, 1.54) is 19.3 Å². The van der Waals surface area contributed by atoms with Gasteiger partial charge in [0.05, 0.1) is 0 Å². The van der Waals surface area contributed by atoms with Crippen molar-refractivity contribution in [1.82, 2.24) is 15.3 Å². The zero-order valence-corrected chi connectivity index (χ0v) is 16.0. The fraction of sp³-hybridized carbons (Fsp3) is 0.500. The number of rotatable bonds is 4. The van der Waals surface area contributed by atoms with Crippen LogP contribution in [0.2, 0.25) is 0 Å². The van der Waals surface area contributed by atoms with Gasteiger partial charge >= 0.3 is 0 Å². The van der Waals surface area contributed by atoms with Gasteiger partial charge < -0.3 is 10.2 Å². The number of nitrogens with one attached hydrogen (secondary N) is 1. The minimum atomic E-state index is -0.0761. The van der Waals surface area contributed by atoms with Crippen molar-refractivity contribution in [3.8, 4) is 11.4 Å². The zero-order chi connectivity index (χ0) is 18.6. The fourth-order valence-corrected chi connectivity index (χ4v) is 4.16. The van der Waals surface area contributed by atoms with Crippen molar-refractivity contribution in [1.29, 1.82) is 0 Å². The third kappa shape index (κ3) is 4.29. The number of benzene rings is 1. The van der Waals surface area contributed by atoms with Crippen LogP contribution in [0.4, 0.5) is 5.82 Å². The lowest BCUT2D eigenvalue weighted by Crippen LogP contribution is -2.36. The second-order valence-corrected chi connectivity index (χ2v) is 7.95. The molecule has 1 amide bonds. The van der Waals surface area contributed by atoms with Gasteiger partial charge in [-0.1, -0.05) is 50.1 Å². The Bertz CT molecular complexity index is 786. The quantitative estimate of drug-likeness (QED) is 0.889. The third-order valence-corrected chi connectivity index (χ3v) is 5.65. The molecule has 1 N–H and O–H groups in total. The summed E-state index contributed by atoms with van der Waals surface area (Å²) in [6.07, 6.45) is 6.94. The van der Waals surface area contributed by atoms with Crippen LogP contribution in [0.5, 0.6) is 0 Å². The highest BCUT2D eigenvalue weighted by molar-refractivity contribution is 5.93. The first-order valence-corrected chi connectivity index (χ1v) is 10.2. The van der Waals surface area contributed by atoms with Gasteiger partial charge in [0, 0.05) is 30.8 Å². The van der Waals surface area contributed by atoms with Crippen molar-refractivity contribution in [3.63, 3.8) is 0 Å². The lowest BCUT2D eigenvalue weighted by atomic mass is 10.0. The Labute approximate surface area is 161 Å².